The second kappa shape index (κ2) is 5.82. The van der Waals surface area contributed by atoms with Crippen LogP contribution in [0.3, 0.4) is 0 Å². The summed E-state index contributed by atoms with van der Waals surface area (Å²) in [5.41, 5.74) is 8.63. The van der Waals surface area contributed by atoms with Crippen molar-refractivity contribution >= 4 is 50.5 Å². The molecule has 5 heteroatoms. The Morgan fingerprint density at radius 3 is 2.52 bits per heavy atom. The van der Waals surface area contributed by atoms with E-state index in [4.69, 9.17) is 5.73 Å². The summed E-state index contributed by atoms with van der Waals surface area (Å²) in [6, 6.07) is 15.6. The molecule has 3 nitrogen and oxygen atoms in total. The van der Waals surface area contributed by atoms with Crippen LogP contribution in [-0.2, 0) is 11.2 Å². The fourth-order valence-corrected chi connectivity index (χ4v) is 3.88. The lowest BCUT2D eigenvalue weighted by Crippen LogP contribution is -2.06. The molecule has 0 aliphatic heterocycles. The fraction of sp³-hybridized carbons (Fsp3) is 0.0625. The van der Waals surface area contributed by atoms with Crippen molar-refractivity contribution in [3.05, 3.63) is 52.1 Å². The van der Waals surface area contributed by atoms with Gasteiger partial charge in [-0.2, -0.15) is 0 Å². The Morgan fingerprint density at radius 2 is 1.86 bits per heavy atom. The van der Waals surface area contributed by atoms with Gasteiger partial charge in [0.05, 0.1) is 16.5 Å². The molecule has 0 bridgehead atoms. The maximum absolute atomic E-state index is 12.3. The molecule has 2 N–H and O–H groups in total. The van der Waals surface area contributed by atoms with E-state index < -0.39 is 11.2 Å². The van der Waals surface area contributed by atoms with E-state index in [1.807, 2.05) is 48.5 Å². The van der Waals surface area contributed by atoms with Crippen LogP contribution in [-0.4, -0.2) is 15.8 Å². The Morgan fingerprint density at radius 1 is 1.14 bits per heavy atom. The number of benzene rings is 2. The lowest BCUT2D eigenvalue weighted by atomic mass is 10.0. The van der Waals surface area contributed by atoms with Gasteiger partial charge in [0.2, 0.25) is 0 Å². The van der Waals surface area contributed by atoms with Gasteiger partial charge in [-0.3, -0.25) is 0 Å². The molecular weight excluding hydrogens is 395 g/mol. The van der Waals surface area contributed by atoms with Crippen LogP contribution in [0.2, 0.25) is 0 Å². The number of nitrogens with zero attached hydrogens (tertiary/aromatic N) is 1. The van der Waals surface area contributed by atoms with Crippen LogP contribution in [0.1, 0.15) is 0 Å². The van der Waals surface area contributed by atoms with E-state index in [1.165, 1.54) is 0 Å². The molecule has 3 rings (SSSR count). The molecule has 0 spiro atoms. The first-order valence-electron chi connectivity index (χ1n) is 6.35. The lowest BCUT2D eigenvalue weighted by molar-refractivity contribution is 0.602. The van der Waals surface area contributed by atoms with E-state index in [0.717, 1.165) is 30.5 Å². The van der Waals surface area contributed by atoms with E-state index >= 15 is 0 Å². The van der Waals surface area contributed by atoms with Gasteiger partial charge in [0.1, 0.15) is 12.1 Å². The molecular formula is C16H13IN2OS. The number of fused-ring (bicyclic) bond motifs is 1. The molecule has 1 heterocycles. The number of anilines is 1. The van der Waals surface area contributed by atoms with Crippen LogP contribution >= 0.6 is 22.6 Å². The second-order valence-corrected chi connectivity index (χ2v) is 7.24. The standard InChI is InChI=1S/C16H13IN2OS/c1-21(20)15-12-9-11(17)7-8-13(12)19-16(18)14(15)10-5-3-2-4-6-10/h2-9H,1H3,(H2,18,19). The SMILES string of the molecule is C[S+]([O-])c1c(-c2ccccc2)c(N)nc2ccc(I)cc12. The maximum atomic E-state index is 12.3. The van der Waals surface area contributed by atoms with Gasteiger partial charge >= 0.3 is 0 Å². The number of aromatic nitrogens is 1. The summed E-state index contributed by atoms with van der Waals surface area (Å²) in [7, 11) is 0. The molecule has 3 aromatic rings. The second-order valence-electron chi connectivity index (χ2n) is 4.68. The molecule has 0 aliphatic rings. The van der Waals surface area contributed by atoms with Crippen molar-refractivity contribution in [1.82, 2.24) is 4.98 Å². The van der Waals surface area contributed by atoms with Gasteiger partial charge in [-0.25, -0.2) is 4.98 Å². The van der Waals surface area contributed by atoms with Crippen LogP contribution in [0, 0.1) is 3.57 Å². The van der Waals surface area contributed by atoms with Crippen molar-refractivity contribution in [3.8, 4) is 11.1 Å². The zero-order valence-electron chi connectivity index (χ0n) is 11.3. The van der Waals surface area contributed by atoms with Crippen molar-refractivity contribution in [2.75, 3.05) is 12.0 Å². The summed E-state index contributed by atoms with van der Waals surface area (Å²) >= 11 is 1.09. The van der Waals surface area contributed by atoms with Gasteiger partial charge in [0.25, 0.3) is 0 Å². The number of nitrogens with two attached hydrogens (primary N) is 1. The number of nitrogen functional groups attached to an aromatic ring is 1. The van der Waals surface area contributed by atoms with E-state index in [1.54, 1.807) is 6.26 Å². The third kappa shape index (κ3) is 2.73. The molecule has 0 aliphatic carbocycles. The minimum Gasteiger partial charge on any atom is -0.612 e. The lowest BCUT2D eigenvalue weighted by Gasteiger charge is -2.15. The third-order valence-corrected chi connectivity index (χ3v) is 4.95. The highest BCUT2D eigenvalue weighted by Crippen LogP contribution is 2.37. The van der Waals surface area contributed by atoms with Gasteiger partial charge in [-0.05, 0) is 57.5 Å². The summed E-state index contributed by atoms with van der Waals surface area (Å²) < 4.78 is 13.4. The Bertz CT molecular complexity index is 806. The zero-order chi connectivity index (χ0) is 15.0. The normalized spacial score (nSPS) is 12.5. The summed E-state index contributed by atoms with van der Waals surface area (Å²) in [5, 5.41) is 0.899. The van der Waals surface area contributed by atoms with E-state index in [9.17, 15) is 4.55 Å². The summed E-state index contributed by atoms with van der Waals surface area (Å²) in [4.78, 5) is 5.23. The topological polar surface area (TPSA) is 62.0 Å². The van der Waals surface area contributed by atoms with Gasteiger partial charge in [0, 0.05) is 3.57 Å². The smallest absolute Gasteiger partial charge is 0.173 e. The van der Waals surface area contributed by atoms with E-state index in [2.05, 4.69) is 27.6 Å². The van der Waals surface area contributed by atoms with E-state index in [0.29, 0.717) is 5.82 Å². The largest absolute Gasteiger partial charge is 0.612 e. The molecule has 0 saturated heterocycles. The number of halogens is 1. The minimum atomic E-state index is -1.16. The third-order valence-electron chi connectivity index (χ3n) is 3.28. The Hall–Kier alpha value is -1.31. The molecule has 0 amide bonds. The number of hydrogen-bond acceptors (Lipinski definition) is 3. The molecule has 0 saturated carbocycles. The first kappa shape index (κ1) is 14.6. The molecule has 1 aromatic heterocycles. The Kier molecular flexibility index (Phi) is 4.05. The van der Waals surface area contributed by atoms with Gasteiger partial charge in [-0.15, -0.1) is 0 Å². The van der Waals surface area contributed by atoms with Crippen molar-refractivity contribution < 1.29 is 4.55 Å². The van der Waals surface area contributed by atoms with Crippen molar-refractivity contribution in [3.63, 3.8) is 0 Å². The molecule has 106 valence electrons. The predicted molar refractivity (Wildman–Crippen MR) is 96.6 cm³/mol. The average Bonchev–Trinajstić information content (AvgIpc) is 2.47. The van der Waals surface area contributed by atoms with Crippen LogP contribution in [0.15, 0.2) is 53.4 Å². The summed E-state index contributed by atoms with van der Waals surface area (Å²) in [6.07, 6.45) is 1.68. The van der Waals surface area contributed by atoms with Crippen LogP contribution in [0.4, 0.5) is 5.82 Å². The van der Waals surface area contributed by atoms with E-state index in [-0.39, 0.29) is 0 Å². The fourth-order valence-electron chi connectivity index (χ4n) is 2.41. The molecule has 21 heavy (non-hydrogen) atoms. The average molecular weight is 408 g/mol. The molecule has 1 atom stereocenters. The molecule has 0 radical (unpaired) electrons. The van der Waals surface area contributed by atoms with Crippen LogP contribution in [0.5, 0.6) is 0 Å². The predicted octanol–water partition coefficient (Wildman–Crippen LogP) is 3.83. The summed E-state index contributed by atoms with van der Waals surface area (Å²) in [6.45, 7) is 0. The Balaban J connectivity index is 2.43. The quantitative estimate of drug-likeness (QED) is 0.518. The van der Waals surface area contributed by atoms with Crippen molar-refractivity contribution in [1.29, 1.82) is 0 Å². The number of rotatable bonds is 2. The molecule has 1 unspecified atom stereocenters. The van der Waals surface area contributed by atoms with Gasteiger partial charge < -0.3 is 10.3 Å². The van der Waals surface area contributed by atoms with Gasteiger partial charge in [-0.1, -0.05) is 30.3 Å². The maximum Gasteiger partial charge on any atom is 0.173 e. The summed E-state index contributed by atoms with van der Waals surface area (Å²) in [5.74, 6) is 0.417. The van der Waals surface area contributed by atoms with Crippen LogP contribution < -0.4 is 5.73 Å². The highest BCUT2D eigenvalue weighted by molar-refractivity contribution is 14.1. The zero-order valence-corrected chi connectivity index (χ0v) is 14.3. The number of hydrogen-bond donors (Lipinski definition) is 1. The minimum absolute atomic E-state index is 0.417. The monoisotopic (exact) mass is 408 g/mol. The van der Waals surface area contributed by atoms with Crippen molar-refractivity contribution in [2.24, 2.45) is 0 Å². The van der Waals surface area contributed by atoms with Gasteiger partial charge in [0.15, 0.2) is 4.90 Å². The van der Waals surface area contributed by atoms with Crippen molar-refractivity contribution in [2.45, 2.75) is 4.90 Å². The highest BCUT2D eigenvalue weighted by Gasteiger charge is 2.22. The highest BCUT2D eigenvalue weighted by atomic mass is 127. The first-order chi connectivity index (χ1) is 10.1. The first-order valence-corrected chi connectivity index (χ1v) is 8.99. The van der Waals surface area contributed by atoms with Crippen LogP contribution in [0.25, 0.3) is 22.0 Å². The molecule has 2 aromatic carbocycles. The molecule has 0 fully saturated rings. The Labute approximate surface area is 139 Å². The number of pyridine rings is 1.